The lowest BCUT2D eigenvalue weighted by Crippen LogP contribution is -2.32. The van der Waals surface area contributed by atoms with Crippen LogP contribution in [0.25, 0.3) is 0 Å². The molecule has 8 N–H and O–H groups in total. The number of nitrogens with two attached hydrogens (primary N) is 2. The predicted molar refractivity (Wildman–Crippen MR) is 91.1 cm³/mol. The Balaban J connectivity index is 0.000000382. The van der Waals surface area contributed by atoms with Crippen molar-refractivity contribution in [3.8, 4) is 0 Å². The number of nitrogens with one attached hydrogen (secondary N) is 1. The van der Waals surface area contributed by atoms with Crippen LogP contribution in [0.3, 0.4) is 0 Å². The Bertz CT molecular complexity index is 532. The van der Waals surface area contributed by atoms with E-state index in [0.29, 0.717) is 6.42 Å². The van der Waals surface area contributed by atoms with Crippen molar-refractivity contribution in [2.24, 2.45) is 11.5 Å². The van der Waals surface area contributed by atoms with Gasteiger partial charge in [0.1, 0.15) is 12.1 Å². The number of aliphatic carboxylic acids is 3. The predicted octanol–water partition coefficient (Wildman–Crippen LogP) is -0.506. The fourth-order valence-corrected chi connectivity index (χ4v) is 1.85. The molecule has 1 fully saturated rings. The van der Waals surface area contributed by atoms with Gasteiger partial charge in [-0.05, 0) is 31.4 Å². The molecule has 0 saturated carbocycles. The molecule has 1 aliphatic rings. The molecular weight excluding hydrogens is 330 g/mol. The first-order valence-electron chi connectivity index (χ1n) is 7.68. The highest BCUT2D eigenvalue weighted by atomic mass is 16.4. The Morgan fingerprint density at radius 1 is 1.16 bits per heavy atom. The number of carboxylic acid groups (broad SMARTS) is 3. The number of carboxylic acids is 3. The van der Waals surface area contributed by atoms with Crippen LogP contribution in [0.2, 0.25) is 0 Å². The van der Waals surface area contributed by atoms with Crippen LogP contribution in [0.1, 0.15) is 18.4 Å². The summed E-state index contributed by atoms with van der Waals surface area (Å²) in [5, 5.41) is 27.3. The van der Waals surface area contributed by atoms with Gasteiger partial charge in [-0.1, -0.05) is 30.3 Å². The van der Waals surface area contributed by atoms with E-state index >= 15 is 0 Å². The van der Waals surface area contributed by atoms with Crippen LogP contribution in [-0.2, 0) is 20.8 Å². The van der Waals surface area contributed by atoms with Crippen molar-refractivity contribution in [1.82, 2.24) is 5.32 Å². The molecule has 2 unspecified atom stereocenters. The molecule has 140 valence electrons. The smallest absolute Gasteiger partial charge is 0.320 e. The van der Waals surface area contributed by atoms with Crippen LogP contribution in [0.15, 0.2) is 30.3 Å². The van der Waals surface area contributed by atoms with E-state index in [1.54, 1.807) is 0 Å². The number of hydrogen-bond acceptors (Lipinski definition) is 6. The molecular formula is C16H25N3O6. The Kier molecular flexibility index (Phi) is 11.6. The van der Waals surface area contributed by atoms with Gasteiger partial charge in [0.25, 0.3) is 0 Å². The first-order valence-corrected chi connectivity index (χ1v) is 7.68. The van der Waals surface area contributed by atoms with E-state index < -0.39 is 23.9 Å². The molecule has 1 heterocycles. The lowest BCUT2D eigenvalue weighted by molar-refractivity contribution is -0.139. The molecule has 2 rings (SSSR count). The molecule has 0 bridgehead atoms. The van der Waals surface area contributed by atoms with E-state index in [-0.39, 0.29) is 12.6 Å². The lowest BCUT2D eigenvalue weighted by Gasteiger charge is -2.04. The second-order valence-electron chi connectivity index (χ2n) is 5.22. The van der Waals surface area contributed by atoms with Crippen molar-refractivity contribution in [1.29, 1.82) is 0 Å². The van der Waals surface area contributed by atoms with Crippen molar-refractivity contribution >= 4 is 17.9 Å². The van der Waals surface area contributed by atoms with Gasteiger partial charge in [0, 0.05) is 0 Å². The van der Waals surface area contributed by atoms with Crippen molar-refractivity contribution in [3.63, 3.8) is 0 Å². The van der Waals surface area contributed by atoms with E-state index in [1.807, 2.05) is 30.3 Å². The van der Waals surface area contributed by atoms with Gasteiger partial charge < -0.3 is 32.1 Å². The number of hydrogen-bond donors (Lipinski definition) is 6. The average Bonchev–Trinajstić information content (AvgIpc) is 3.11. The second kappa shape index (κ2) is 12.9. The summed E-state index contributed by atoms with van der Waals surface area (Å²) in [7, 11) is 0. The van der Waals surface area contributed by atoms with Crippen molar-refractivity contribution in [2.75, 3.05) is 13.1 Å². The molecule has 0 spiro atoms. The molecule has 2 atom stereocenters. The summed E-state index contributed by atoms with van der Waals surface area (Å²) in [6, 6.07) is 8.28. The van der Waals surface area contributed by atoms with E-state index in [0.717, 1.165) is 24.9 Å². The van der Waals surface area contributed by atoms with Crippen molar-refractivity contribution < 1.29 is 29.7 Å². The van der Waals surface area contributed by atoms with Crippen molar-refractivity contribution in [2.45, 2.75) is 31.3 Å². The summed E-state index contributed by atoms with van der Waals surface area (Å²) in [6.07, 6.45) is 2.17. The molecule has 9 heteroatoms. The van der Waals surface area contributed by atoms with Crippen LogP contribution < -0.4 is 16.8 Å². The van der Waals surface area contributed by atoms with Gasteiger partial charge in [-0.25, -0.2) is 0 Å². The molecule has 9 nitrogen and oxygen atoms in total. The fourth-order valence-electron chi connectivity index (χ4n) is 1.85. The zero-order valence-corrected chi connectivity index (χ0v) is 13.8. The van der Waals surface area contributed by atoms with E-state index in [9.17, 15) is 14.4 Å². The summed E-state index contributed by atoms with van der Waals surface area (Å²) in [4.78, 5) is 29.8. The molecule has 0 radical (unpaired) electrons. The van der Waals surface area contributed by atoms with Gasteiger partial charge >= 0.3 is 17.9 Å². The Labute approximate surface area is 145 Å². The van der Waals surface area contributed by atoms with Gasteiger partial charge in [-0.3, -0.25) is 14.4 Å². The van der Waals surface area contributed by atoms with Crippen LogP contribution >= 0.6 is 0 Å². The quantitative estimate of drug-likeness (QED) is 0.406. The summed E-state index contributed by atoms with van der Waals surface area (Å²) in [6.45, 7) is 0.580. The summed E-state index contributed by atoms with van der Waals surface area (Å²) in [5.41, 5.74) is 10.9. The third-order valence-electron chi connectivity index (χ3n) is 3.15. The largest absolute Gasteiger partial charge is 0.480 e. The summed E-state index contributed by atoms with van der Waals surface area (Å²) < 4.78 is 0. The Morgan fingerprint density at radius 2 is 1.72 bits per heavy atom. The highest BCUT2D eigenvalue weighted by molar-refractivity contribution is 5.74. The van der Waals surface area contributed by atoms with Crippen molar-refractivity contribution in [3.05, 3.63) is 35.9 Å². The topological polar surface area (TPSA) is 176 Å². The lowest BCUT2D eigenvalue weighted by atomic mass is 10.1. The van der Waals surface area contributed by atoms with Gasteiger partial charge in [0.2, 0.25) is 0 Å². The van der Waals surface area contributed by atoms with Gasteiger partial charge in [-0.15, -0.1) is 0 Å². The molecule has 0 aromatic heterocycles. The van der Waals surface area contributed by atoms with Crippen LogP contribution in [0.4, 0.5) is 0 Å². The normalized spacial score (nSPS) is 16.5. The summed E-state index contributed by atoms with van der Waals surface area (Å²) >= 11 is 0. The first kappa shape index (κ1) is 22.5. The zero-order valence-electron chi connectivity index (χ0n) is 13.8. The molecule has 0 amide bonds. The maximum absolute atomic E-state index is 10.4. The minimum absolute atomic E-state index is 0.269. The maximum Gasteiger partial charge on any atom is 0.320 e. The third kappa shape index (κ3) is 11.7. The van der Waals surface area contributed by atoms with Crippen LogP contribution in [0, 0.1) is 0 Å². The monoisotopic (exact) mass is 355 g/mol. The van der Waals surface area contributed by atoms with E-state index in [1.165, 1.54) is 0 Å². The minimum Gasteiger partial charge on any atom is -0.480 e. The molecule has 1 aliphatic heterocycles. The Morgan fingerprint density at radius 3 is 2.04 bits per heavy atom. The maximum atomic E-state index is 10.4. The molecule has 1 aromatic rings. The minimum atomic E-state index is -0.968. The SMILES string of the molecule is NC(Cc1ccccc1)C(=O)O.NCC(=O)O.O=C(O)C1CCCN1. The second-order valence-corrected chi connectivity index (χ2v) is 5.22. The molecule has 1 aromatic carbocycles. The number of benzene rings is 1. The van der Waals surface area contributed by atoms with Gasteiger partial charge in [0.05, 0.1) is 6.54 Å². The van der Waals surface area contributed by atoms with Gasteiger partial charge in [-0.2, -0.15) is 0 Å². The standard InChI is InChI=1S/C9H11NO2.C5H9NO2.C2H5NO2/c10-8(9(11)12)6-7-4-2-1-3-5-7;7-5(8)4-2-1-3-6-4;3-1-2(4)5/h1-5,8H,6,10H2,(H,11,12);4,6H,1-3H2,(H,7,8);1,3H2,(H,4,5). The fraction of sp³-hybridized carbons (Fsp3) is 0.438. The molecule has 1 saturated heterocycles. The van der Waals surface area contributed by atoms with Gasteiger partial charge in [0.15, 0.2) is 0 Å². The van der Waals surface area contributed by atoms with E-state index in [4.69, 9.17) is 21.1 Å². The summed E-state index contributed by atoms with van der Waals surface area (Å²) in [5.74, 6) is -2.65. The Hall–Kier alpha value is -2.49. The first-order chi connectivity index (χ1) is 11.8. The highest BCUT2D eigenvalue weighted by Gasteiger charge is 2.20. The number of rotatable bonds is 5. The third-order valence-corrected chi connectivity index (χ3v) is 3.15. The van der Waals surface area contributed by atoms with Crippen LogP contribution in [0.5, 0.6) is 0 Å². The highest BCUT2D eigenvalue weighted by Crippen LogP contribution is 2.03. The van der Waals surface area contributed by atoms with Crippen LogP contribution in [-0.4, -0.2) is 58.4 Å². The van der Waals surface area contributed by atoms with E-state index in [2.05, 4.69) is 11.1 Å². The molecule has 0 aliphatic carbocycles. The zero-order chi connectivity index (χ0) is 19.2. The molecule has 25 heavy (non-hydrogen) atoms. The average molecular weight is 355 g/mol. The number of carbonyl (C=O) groups is 3.